The fourth-order valence-electron chi connectivity index (χ4n) is 1.22. The summed E-state index contributed by atoms with van der Waals surface area (Å²) in [5.74, 6) is 0. The molecule has 0 aliphatic rings. The Morgan fingerprint density at radius 2 is 1.62 bits per heavy atom. The van der Waals surface area contributed by atoms with E-state index < -0.39 is 0 Å². The van der Waals surface area contributed by atoms with Gasteiger partial charge < -0.3 is 0 Å². The fraction of sp³-hybridized carbons (Fsp3) is 0.417. The van der Waals surface area contributed by atoms with Gasteiger partial charge in [-0.15, -0.1) is 0 Å². The lowest BCUT2D eigenvalue weighted by molar-refractivity contribution is 0.590. The molecule has 0 aromatic heterocycles. The lowest BCUT2D eigenvalue weighted by Crippen LogP contribution is -2.10. The molecule has 0 heterocycles. The molecule has 1 nitrogen and oxygen atoms in total. The van der Waals surface area contributed by atoms with Crippen LogP contribution in [0.25, 0.3) is 0 Å². The van der Waals surface area contributed by atoms with Crippen LogP contribution in [0.1, 0.15) is 31.9 Å². The summed E-state index contributed by atoms with van der Waals surface area (Å²) in [7, 11) is 1.79. The van der Waals surface area contributed by atoms with Gasteiger partial charge in [0.2, 0.25) is 0 Å². The monoisotopic (exact) mass is 175 g/mol. The zero-order valence-electron chi connectivity index (χ0n) is 8.83. The van der Waals surface area contributed by atoms with Gasteiger partial charge in [-0.2, -0.15) is 0 Å². The minimum atomic E-state index is 0.238. The van der Waals surface area contributed by atoms with Gasteiger partial charge in [-0.05, 0) is 16.5 Å². The second kappa shape index (κ2) is 3.73. The molecule has 0 radical (unpaired) electrons. The van der Waals surface area contributed by atoms with Crippen molar-refractivity contribution in [2.45, 2.75) is 26.2 Å². The lowest BCUT2D eigenvalue weighted by Gasteiger charge is -2.18. The summed E-state index contributed by atoms with van der Waals surface area (Å²) in [6.07, 6.45) is 1.87. The highest BCUT2D eigenvalue weighted by Crippen LogP contribution is 2.21. The molecule has 1 aromatic rings. The van der Waals surface area contributed by atoms with Gasteiger partial charge in [-0.1, -0.05) is 45.0 Å². The molecule has 0 N–H and O–H groups in total. The first kappa shape index (κ1) is 9.97. The summed E-state index contributed by atoms with van der Waals surface area (Å²) < 4.78 is 0. The maximum Gasteiger partial charge on any atom is 0.0281 e. The molecule has 0 fully saturated rings. The SMILES string of the molecule is CN=Cc1ccc(C(C)(C)C)cc1. The second-order valence-electron chi connectivity index (χ2n) is 4.26. The van der Waals surface area contributed by atoms with Gasteiger partial charge in [0.15, 0.2) is 0 Å². The Labute approximate surface area is 80.5 Å². The third-order valence-electron chi connectivity index (χ3n) is 2.05. The quantitative estimate of drug-likeness (QED) is 0.582. The third-order valence-corrected chi connectivity index (χ3v) is 2.05. The molecule has 0 bridgehead atoms. The number of benzene rings is 1. The van der Waals surface area contributed by atoms with Crippen molar-refractivity contribution in [3.63, 3.8) is 0 Å². The van der Waals surface area contributed by atoms with Gasteiger partial charge in [-0.25, -0.2) is 0 Å². The van der Waals surface area contributed by atoms with Crippen molar-refractivity contribution in [1.82, 2.24) is 0 Å². The van der Waals surface area contributed by atoms with Crippen LogP contribution < -0.4 is 0 Å². The Morgan fingerprint density at radius 1 is 1.08 bits per heavy atom. The Hall–Kier alpha value is -1.11. The number of hydrogen-bond acceptors (Lipinski definition) is 1. The minimum Gasteiger partial charge on any atom is -0.296 e. The zero-order chi connectivity index (χ0) is 9.90. The Kier molecular flexibility index (Phi) is 2.86. The molecular formula is C12H17N. The first-order valence-corrected chi connectivity index (χ1v) is 4.57. The average Bonchev–Trinajstić information content (AvgIpc) is 2.04. The molecular weight excluding hydrogens is 158 g/mol. The molecule has 13 heavy (non-hydrogen) atoms. The van der Waals surface area contributed by atoms with Gasteiger partial charge in [-0.3, -0.25) is 4.99 Å². The third kappa shape index (κ3) is 2.69. The molecule has 1 heteroatoms. The van der Waals surface area contributed by atoms with E-state index >= 15 is 0 Å². The van der Waals surface area contributed by atoms with E-state index in [4.69, 9.17) is 0 Å². The van der Waals surface area contributed by atoms with Crippen molar-refractivity contribution in [3.8, 4) is 0 Å². The molecule has 0 saturated heterocycles. The van der Waals surface area contributed by atoms with E-state index in [2.05, 4.69) is 50.0 Å². The molecule has 0 unspecified atom stereocenters. The smallest absolute Gasteiger partial charge is 0.0281 e. The van der Waals surface area contributed by atoms with Crippen LogP contribution in [0.4, 0.5) is 0 Å². The normalized spacial score (nSPS) is 12.3. The van der Waals surface area contributed by atoms with Crippen LogP contribution in [-0.2, 0) is 5.41 Å². The van der Waals surface area contributed by atoms with Crippen molar-refractivity contribution in [3.05, 3.63) is 35.4 Å². The number of hydrogen-bond donors (Lipinski definition) is 0. The van der Waals surface area contributed by atoms with Gasteiger partial charge >= 0.3 is 0 Å². The molecule has 0 atom stereocenters. The van der Waals surface area contributed by atoms with E-state index in [0.29, 0.717) is 0 Å². The topological polar surface area (TPSA) is 12.4 Å². The van der Waals surface area contributed by atoms with E-state index in [-0.39, 0.29) is 5.41 Å². The van der Waals surface area contributed by atoms with E-state index in [0.717, 1.165) is 5.56 Å². The van der Waals surface area contributed by atoms with E-state index in [9.17, 15) is 0 Å². The van der Waals surface area contributed by atoms with Gasteiger partial charge in [0.1, 0.15) is 0 Å². The summed E-state index contributed by atoms with van der Waals surface area (Å²) in [5.41, 5.74) is 2.76. The van der Waals surface area contributed by atoms with E-state index in [1.807, 2.05) is 6.21 Å². The predicted molar refractivity (Wildman–Crippen MR) is 58.7 cm³/mol. The molecule has 0 saturated carbocycles. The zero-order valence-corrected chi connectivity index (χ0v) is 8.83. The average molecular weight is 175 g/mol. The number of nitrogens with zero attached hydrogens (tertiary/aromatic N) is 1. The van der Waals surface area contributed by atoms with Gasteiger partial charge in [0.25, 0.3) is 0 Å². The van der Waals surface area contributed by atoms with Crippen LogP contribution in [-0.4, -0.2) is 13.3 Å². The minimum absolute atomic E-state index is 0.238. The highest BCUT2D eigenvalue weighted by Gasteiger charge is 2.12. The van der Waals surface area contributed by atoms with Crippen LogP contribution in [0, 0.1) is 0 Å². The summed E-state index contributed by atoms with van der Waals surface area (Å²) in [4.78, 5) is 3.97. The summed E-state index contributed by atoms with van der Waals surface area (Å²) in [5, 5.41) is 0. The molecule has 0 aliphatic carbocycles. The first-order valence-electron chi connectivity index (χ1n) is 4.57. The fourth-order valence-corrected chi connectivity index (χ4v) is 1.22. The van der Waals surface area contributed by atoms with Crippen molar-refractivity contribution in [1.29, 1.82) is 0 Å². The summed E-state index contributed by atoms with van der Waals surface area (Å²) in [6, 6.07) is 8.54. The molecule has 0 aliphatic heterocycles. The van der Waals surface area contributed by atoms with Crippen LogP contribution in [0.15, 0.2) is 29.3 Å². The molecule has 0 spiro atoms. The Bertz CT molecular complexity index is 288. The van der Waals surface area contributed by atoms with Crippen LogP contribution in [0.3, 0.4) is 0 Å². The Morgan fingerprint density at radius 3 is 2.00 bits per heavy atom. The second-order valence-corrected chi connectivity index (χ2v) is 4.26. The van der Waals surface area contributed by atoms with E-state index in [1.54, 1.807) is 7.05 Å². The molecule has 1 aromatic carbocycles. The van der Waals surface area contributed by atoms with Crippen LogP contribution in [0.5, 0.6) is 0 Å². The number of rotatable bonds is 1. The summed E-state index contributed by atoms with van der Waals surface area (Å²) >= 11 is 0. The van der Waals surface area contributed by atoms with Crippen molar-refractivity contribution < 1.29 is 0 Å². The van der Waals surface area contributed by atoms with E-state index in [1.165, 1.54) is 5.56 Å². The molecule has 0 amide bonds. The van der Waals surface area contributed by atoms with Gasteiger partial charge in [0.05, 0.1) is 0 Å². The van der Waals surface area contributed by atoms with Crippen molar-refractivity contribution in [2.75, 3.05) is 7.05 Å². The maximum absolute atomic E-state index is 3.97. The maximum atomic E-state index is 3.97. The predicted octanol–water partition coefficient (Wildman–Crippen LogP) is 3.03. The van der Waals surface area contributed by atoms with Crippen LogP contribution in [0.2, 0.25) is 0 Å². The first-order chi connectivity index (χ1) is 6.04. The largest absolute Gasteiger partial charge is 0.296 e. The van der Waals surface area contributed by atoms with Crippen molar-refractivity contribution in [2.24, 2.45) is 4.99 Å². The number of aliphatic imine (C=N–C) groups is 1. The molecule has 70 valence electrons. The van der Waals surface area contributed by atoms with Crippen molar-refractivity contribution >= 4 is 6.21 Å². The highest BCUT2D eigenvalue weighted by molar-refractivity contribution is 5.79. The van der Waals surface area contributed by atoms with Crippen LogP contribution >= 0.6 is 0 Å². The summed E-state index contributed by atoms with van der Waals surface area (Å²) in [6.45, 7) is 6.65. The highest BCUT2D eigenvalue weighted by atomic mass is 14.6. The molecule has 1 rings (SSSR count). The Balaban J connectivity index is 2.94. The standard InChI is InChI=1S/C12H17N/c1-12(2,3)11-7-5-10(6-8-11)9-13-4/h5-9H,1-4H3. The lowest BCUT2D eigenvalue weighted by atomic mass is 9.87. The van der Waals surface area contributed by atoms with Gasteiger partial charge in [0, 0.05) is 13.3 Å².